The average Bonchev–Trinajstić information content (AvgIpc) is 3.56. The number of aliphatic carboxylic acids is 1. The van der Waals surface area contributed by atoms with Crippen LogP contribution in [0.5, 0.6) is 11.5 Å². The molecular formula is C28H27FO4. The Bertz CT molecular complexity index is 1200. The Balaban J connectivity index is 1.37. The van der Waals surface area contributed by atoms with Crippen LogP contribution in [0, 0.1) is 17.7 Å². The lowest BCUT2D eigenvalue weighted by Gasteiger charge is -2.22. The molecule has 3 atom stereocenters. The fourth-order valence-corrected chi connectivity index (χ4v) is 5.14. The van der Waals surface area contributed by atoms with Gasteiger partial charge in [0, 0.05) is 5.56 Å². The second kappa shape index (κ2) is 8.54. The van der Waals surface area contributed by atoms with Gasteiger partial charge in [0.15, 0.2) is 0 Å². The standard InChI is InChI=1S/C28H27FO4/c1-16(28(31)32)27(17-5-6-17)20-3-2-4-22(14-20)33-26-12-8-18-13-19(7-10-23(18)26)24-15-21(30)9-11-25(24)29/h2-4,7,9-11,13-17,26-27,30H,5-6,8,12H2,1H3,(H,31,32)/t16-,26+,27-/m0/s1. The number of rotatable bonds is 7. The summed E-state index contributed by atoms with van der Waals surface area (Å²) in [6, 6.07) is 17.8. The maximum absolute atomic E-state index is 14.3. The van der Waals surface area contributed by atoms with Crippen molar-refractivity contribution < 1.29 is 24.1 Å². The first-order chi connectivity index (χ1) is 15.9. The number of ether oxygens (including phenoxy) is 1. The lowest BCUT2D eigenvalue weighted by Crippen LogP contribution is -2.20. The molecule has 2 aliphatic rings. The van der Waals surface area contributed by atoms with Gasteiger partial charge in [-0.1, -0.05) is 37.3 Å². The van der Waals surface area contributed by atoms with E-state index < -0.39 is 11.9 Å². The fraction of sp³-hybridized carbons (Fsp3) is 0.321. The number of aryl methyl sites for hydroxylation is 1. The first kappa shape index (κ1) is 21.5. The number of carboxylic acid groups (broad SMARTS) is 1. The quantitative estimate of drug-likeness (QED) is 0.436. The molecule has 33 heavy (non-hydrogen) atoms. The van der Waals surface area contributed by atoms with Crippen LogP contribution in [0.15, 0.2) is 60.7 Å². The molecule has 3 aromatic rings. The Morgan fingerprint density at radius 1 is 1.06 bits per heavy atom. The monoisotopic (exact) mass is 446 g/mol. The highest BCUT2D eigenvalue weighted by Crippen LogP contribution is 2.47. The molecule has 2 aliphatic carbocycles. The van der Waals surface area contributed by atoms with Crippen molar-refractivity contribution in [2.75, 3.05) is 0 Å². The molecule has 1 fully saturated rings. The Hall–Kier alpha value is -3.34. The summed E-state index contributed by atoms with van der Waals surface area (Å²) in [5.41, 5.74) is 4.35. The third-order valence-electron chi connectivity index (χ3n) is 7.01. The lowest BCUT2D eigenvalue weighted by molar-refractivity contribution is -0.142. The predicted octanol–water partition coefficient (Wildman–Crippen LogP) is 6.48. The number of carbonyl (C=O) groups is 1. The van der Waals surface area contributed by atoms with Crippen LogP contribution in [-0.4, -0.2) is 16.2 Å². The summed E-state index contributed by atoms with van der Waals surface area (Å²) < 4.78 is 20.6. The molecule has 0 saturated heterocycles. The fourth-order valence-electron chi connectivity index (χ4n) is 5.14. The second-order valence-electron chi connectivity index (χ2n) is 9.29. The zero-order valence-corrected chi connectivity index (χ0v) is 18.5. The summed E-state index contributed by atoms with van der Waals surface area (Å²) in [6.07, 6.45) is 3.70. The van der Waals surface area contributed by atoms with Crippen molar-refractivity contribution in [3.8, 4) is 22.6 Å². The van der Waals surface area contributed by atoms with Gasteiger partial charge in [0.05, 0.1) is 5.92 Å². The molecule has 1 saturated carbocycles. The van der Waals surface area contributed by atoms with Gasteiger partial charge in [-0.2, -0.15) is 0 Å². The van der Waals surface area contributed by atoms with Gasteiger partial charge in [0.25, 0.3) is 0 Å². The van der Waals surface area contributed by atoms with Crippen molar-refractivity contribution in [2.45, 2.75) is 44.6 Å². The molecule has 4 nitrogen and oxygen atoms in total. The van der Waals surface area contributed by atoms with Gasteiger partial charge < -0.3 is 14.9 Å². The van der Waals surface area contributed by atoms with E-state index in [4.69, 9.17) is 4.74 Å². The van der Waals surface area contributed by atoms with Crippen LogP contribution in [-0.2, 0) is 11.2 Å². The number of carboxylic acids is 1. The van der Waals surface area contributed by atoms with Crippen LogP contribution in [0.1, 0.15) is 54.9 Å². The number of fused-ring (bicyclic) bond motifs is 1. The Morgan fingerprint density at radius 3 is 2.64 bits per heavy atom. The zero-order valence-electron chi connectivity index (χ0n) is 18.5. The SMILES string of the molecule is C[C@H](C(=O)O)[C@H](c1cccc(O[C@@H]2CCc3cc(-c4cc(O)ccc4F)ccc32)c1)C1CC1. The van der Waals surface area contributed by atoms with Gasteiger partial charge in [0.1, 0.15) is 23.4 Å². The molecular weight excluding hydrogens is 419 g/mol. The summed E-state index contributed by atoms with van der Waals surface area (Å²) in [5, 5.41) is 19.3. The Kier molecular flexibility index (Phi) is 5.57. The molecule has 0 unspecified atom stereocenters. The molecule has 5 rings (SSSR count). The number of hydrogen-bond acceptors (Lipinski definition) is 3. The van der Waals surface area contributed by atoms with E-state index in [1.807, 2.05) is 42.5 Å². The highest BCUT2D eigenvalue weighted by molar-refractivity contribution is 5.71. The van der Waals surface area contributed by atoms with Gasteiger partial charge in [-0.25, -0.2) is 4.39 Å². The topological polar surface area (TPSA) is 66.8 Å². The summed E-state index contributed by atoms with van der Waals surface area (Å²) >= 11 is 0. The maximum atomic E-state index is 14.3. The first-order valence-corrected chi connectivity index (χ1v) is 11.5. The molecule has 0 aromatic heterocycles. The molecule has 0 amide bonds. The van der Waals surface area contributed by atoms with Crippen molar-refractivity contribution in [1.82, 2.24) is 0 Å². The van der Waals surface area contributed by atoms with E-state index in [9.17, 15) is 19.4 Å². The summed E-state index contributed by atoms with van der Waals surface area (Å²) in [5.74, 6) is -0.350. The number of hydrogen-bond donors (Lipinski definition) is 2. The highest BCUT2D eigenvalue weighted by Gasteiger charge is 2.38. The van der Waals surface area contributed by atoms with Crippen LogP contribution in [0.2, 0.25) is 0 Å². The molecule has 3 aromatic carbocycles. The average molecular weight is 447 g/mol. The first-order valence-electron chi connectivity index (χ1n) is 11.5. The van der Waals surface area contributed by atoms with Crippen LogP contribution < -0.4 is 4.74 Å². The number of phenols is 1. The summed E-state index contributed by atoms with van der Waals surface area (Å²) in [4.78, 5) is 11.6. The van der Waals surface area contributed by atoms with Gasteiger partial charge in [-0.15, -0.1) is 0 Å². The number of halogens is 1. The van der Waals surface area contributed by atoms with Crippen molar-refractivity contribution in [1.29, 1.82) is 0 Å². The predicted molar refractivity (Wildman–Crippen MR) is 124 cm³/mol. The molecule has 0 aliphatic heterocycles. The van der Waals surface area contributed by atoms with Crippen LogP contribution in [0.4, 0.5) is 4.39 Å². The summed E-state index contributed by atoms with van der Waals surface area (Å²) in [7, 11) is 0. The molecule has 0 heterocycles. The van der Waals surface area contributed by atoms with E-state index in [0.29, 0.717) is 11.5 Å². The van der Waals surface area contributed by atoms with Gasteiger partial charge in [-0.05, 0) is 90.1 Å². The Labute approximate surface area is 192 Å². The minimum atomic E-state index is -0.762. The number of phenolic OH excluding ortho intramolecular Hbond substituents is 1. The molecule has 170 valence electrons. The second-order valence-corrected chi connectivity index (χ2v) is 9.29. The van der Waals surface area contributed by atoms with Crippen molar-refractivity contribution in [2.24, 2.45) is 11.8 Å². The Morgan fingerprint density at radius 2 is 1.88 bits per heavy atom. The normalized spacial score (nSPS) is 19.0. The van der Waals surface area contributed by atoms with Crippen molar-refractivity contribution >= 4 is 5.97 Å². The van der Waals surface area contributed by atoms with E-state index in [0.717, 1.165) is 53.7 Å². The van der Waals surface area contributed by atoms with Crippen molar-refractivity contribution in [3.05, 3.63) is 83.2 Å². The van der Waals surface area contributed by atoms with E-state index in [1.165, 1.54) is 18.2 Å². The van der Waals surface area contributed by atoms with E-state index in [2.05, 4.69) is 0 Å². The van der Waals surface area contributed by atoms with Crippen LogP contribution in [0.25, 0.3) is 11.1 Å². The lowest BCUT2D eigenvalue weighted by atomic mass is 9.83. The number of aromatic hydroxyl groups is 1. The summed E-state index contributed by atoms with van der Waals surface area (Å²) in [6.45, 7) is 1.79. The van der Waals surface area contributed by atoms with Crippen LogP contribution in [0.3, 0.4) is 0 Å². The van der Waals surface area contributed by atoms with E-state index in [-0.39, 0.29) is 23.6 Å². The smallest absolute Gasteiger partial charge is 0.306 e. The molecule has 0 bridgehead atoms. The van der Waals surface area contributed by atoms with E-state index >= 15 is 0 Å². The van der Waals surface area contributed by atoms with Crippen molar-refractivity contribution in [3.63, 3.8) is 0 Å². The zero-order chi connectivity index (χ0) is 23.1. The molecule has 0 radical (unpaired) electrons. The molecule has 5 heteroatoms. The third-order valence-corrected chi connectivity index (χ3v) is 7.01. The van der Waals surface area contributed by atoms with Crippen LogP contribution >= 0.6 is 0 Å². The van der Waals surface area contributed by atoms with E-state index in [1.54, 1.807) is 6.92 Å². The van der Waals surface area contributed by atoms with Gasteiger partial charge >= 0.3 is 5.97 Å². The van der Waals surface area contributed by atoms with Gasteiger partial charge in [0.2, 0.25) is 0 Å². The molecule has 2 N–H and O–H groups in total. The number of benzene rings is 3. The third kappa shape index (κ3) is 4.32. The largest absolute Gasteiger partial charge is 0.508 e. The maximum Gasteiger partial charge on any atom is 0.306 e. The highest BCUT2D eigenvalue weighted by atomic mass is 19.1. The van der Waals surface area contributed by atoms with Gasteiger partial charge in [-0.3, -0.25) is 4.79 Å². The molecule has 0 spiro atoms. The minimum absolute atomic E-state index is 0.00153. The minimum Gasteiger partial charge on any atom is -0.508 e.